The number of esters is 1. The van der Waals surface area contributed by atoms with E-state index in [9.17, 15) is 9.59 Å². The number of hydrogen-bond acceptors (Lipinski definition) is 5. The average molecular weight is 307 g/mol. The highest BCUT2D eigenvalue weighted by atomic mass is 32.1. The predicted octanol–water partition coefficient (Wildman–Crippen LogP) is 2.13. The Bertz CT molecular complexity index is 673. The lowest BCUT2D eigenvalue weighted by Crippen LogP contribution is -2.50. The number of aromatic nitrogens is 2. The van der Waals surface area contributed by atoms with Gasteiger partial charge in [-0.05, 0) is 39.0 Å². The summed E-state index contributed by atoms with van der Waals surface area (Å²) in [5, 5.41) is 9.42. The number of methoxy groups -OCH3 is 1. The fourth-order valence-corrected chi connectivity index (χ4v) is 2.63. The Labute approximate surface area is 126 Å². The molecule has 21 heavy (non-hydrogen) atoms. The molecule has 0 unspecified atom stereocenters. The van der Waals surface area contributed by atoms with Crippen molar-refractivity contribution in [3.05, 3.63) is 28.8 Å². The van der Waals surface area contributed by atoms with Gasteiger partial charge in [0.25, 0.3) is 5.91 Å². The van der Waals surface area contributed by atoms with Crippen molar-refractivity contribution >= 4 is 23.2 Å². The summed E-state index contributed by atoms with van der Waals surface area (Å²) in [7, 11) is 1.28. The molecule has 0 aliphatic rings. The van der Waals surface area contributed by atoms with Crippen LogP contribution in [-0.4, -0.2) is 34.7 Å². The van der Waals surface area contributed by atoms with Gasteiger partial charge in [-0.1, -0.05) is 0 Å². The number of carbonyl (C=O) groups is 2. The molecule has 6 nitrogen and oxygen atoms in total. The first-order valence-electron chi connectivity index (χ1n) is 6.36. The first kappa shape index (κ1) is 15.2. The Kier molecular flexibility index (Phi) is 4.13. The lowest BCUT2D eigenvalue weighted by molar-refractivity contribution is -0.146. The number of nitrogens with one attached hydrogen (secondary N) is 2. The Balaban J connectivity index is 2.14. The molecule has 0 aliphatic heterocycles. The van der Waals surface area contributed by atoms with Gasteiger partial charge in [0.2, 0.25) is 0 Å². The molecule has 0 aliphatic carbocycles. The Morgan fingerprint density at radius 1 is 1.38 bits per heavy atom. The third kappa shape index (κ3) is 3.30. The first-order valence-corrected chi connectivity index (χ1v) is 7.18. The van der Waals surface area contributed by atoms with Gasteiger partial charge in [-0.3, -0.25) is 9.89 Å². The van der Waals surface area contributed by atoms with Gasteiger partial charge in [0.1, 0.15) is 5.54 Å². The van der Waals surface area contributed by atoms with Crippen molar-refractivity contribution in [2.75, 3.05) is 7.11 Å². The maximum atomic E-state index is 12.1. The minimum atomic E-state index is -1.11. The standard InChI is InChI=1S/C14H17N3O3S/c1-8-5-6-11(21-8)9-7-10(17-16-9)12(18)15-14(2,3)13(19)20-4/h5-7H,1-4H3,(H,15,18)(H,16,17). The molecule has 0 spiro atoms. The largest absolute Gasteiger partial charge is 0.467 e. The van der Waals surface area contributed by atoms with Crippen LogP contribution in [0, 0.1) is 6.92 Å². The summed E-state index contributed by atoms with van der Waals surface area (Å²) in [6.07, 6.45) is 0. The van der Waals surface area contributed by atoms with Crippen LogP contribution in [0.4, 0.5) is 0 Å². The Morgan fingerprint density at radius 3 is 2.67 bits per heavy atom. The second-order valence-corrected chi connectivity index (χ2v) is 6.44. The summed E-state index contributed by atoms with van der Waals surface area (Å²) in [4.78, 5) is 25.9. The van der Waals surface area contributed by atoms with Crippen molar-refractivity contribution < 1.29 is 14.3 Å². The fourth-order valence-electron chi connectivity index (χ4n) is 1.80. The molecule has 0 saturated carbocycles. The Morgan fingerprint density at radius 2 is 2.10 bits per heavy atom. The summed E-state index contributed by atoms with van der Waals surface area (Å²) < 4.78 is 4.65. The second-order valence-electron chi connectivity index (χ2n) is 5.15. The maximum Gasteiger partial charge on any atom is 0.330 e. The molecule has 2 rings (SSSR count). The molecule has 7 heteroatoms. The average Bonchev–Trinajstić information content (AvgIpc) is 3.05. The number of ether oxygens (including phenoxy) is 1. The number of aromatic amines is 1. The molecule has 0 bridgehead atoms. The van der Waals surface area contributed by atoms with E-state index in [-0.39, 0.29) is 5.69 Å². The molecule has 0 atom stereocenters. The molecule has 2 heterocycles. The number of thiophene rings is 1. The van der Waals surface area contributed by atoms with Crippen LogP contribution in [0.2, 0.25) is 0 Å². The van der Waals surface area contributed by atoms with E-state index >= 15 is 0 Å². The topological polar surface area (TPSA) is 84.1 Å². The van der Waals surface area contributed by atoms with Crippen molar-refractivity contribution in [2.24, 2.45) is 0 Å². The van der Waals surface area contributed by atoms with Gasteiger partial charge in [-0.25, -0.2) is 4.79 Å². The number of carbonyl (C=O) groups excluding carboxylic acids is 2. The summed E-state index contributed by atoms with van der Waals surface area (Å²) in [5.41, 5.74) is -0.105. The second kappa shape index (κ2) is 5.69. The number of rotatable bonds is 4. The molecular formula is C14H17N3O3S. The quantitative estimate of drug-likeness (QED) is 0.848. The van der Waals surface area contributed by atoms with Gasteiger partial charge in [0.15, 0.2) is 5.69 Å². The van der Waals surface area contributed by atoms with Crippen molar-refractivity contribution in [1.29, 1.82) is 0 Å². The van der Waals surface area contributed by atoms with Crippen LogP contribution in [0.25, 0.3) is 10.6 Å². The molecule has 0 saturated heterocycles. The van der Waals surface area contributed by atoms with E-state index in [4.69, 9.17) is 0 Å². The monoisotopic (exact) mass is 307 g/mol. The third-order valence-electron chi connectivity index (χ3n) is 2.94. The van der Waals surface area contributed by atoms with Crippen LogP contribution in [0.3, 0.4) is 0 Å². The van der Waals surface area contributed by atoms with E-state index in [1.165, 1.54) is 12.0 Å². The van der Waals surface area contributed by atoms with E-state index in [2.05, 4.69) is 20.3 Å². The normalized spacial score (nSPS) is 11.2. The Hall–Kier alpha value is -2.15. The highest BCUT2D eigenvalue weighted by molar-refractivity contribution is 7.15. The molecule has 1 amide bonds. The number of nitrogens with zero attached hydrogens (tertiary/aromatic N) is 1. The van der Waals surface area contributed by atoms with Gasteiger partial charge in [-0.2, -0.15) is 5.10 Å². The maximum absolute atomic E-state index is 12.1. The molecule has 2 aromatic rings. The van der Waals surface area contributed by atoms with E-state index in [1.807, 2.05) is 19.1 Å². The highest BCUT2D eigenvalue weighted by Crippen LogP contribution is 2.26. The van der Waals surface area contributed by atoms with Crippen LogP contribution in [0.15, 0.2) is 18.2 Å². The molecule has 0 fully saturated rings. The minimum Gasteiger partial charge on any atom is -0.467 e. The number of hydrogen-bond donors (Lipinski definition) is 2. The van der Waals surface area contributed by atoms with Crippen LogP contribution < -0.4 is 5.32 Å². The van der Waals surface area contributed by atoms with E-state index < -0.39 is 17.4 Å². The van der Waals surface area contributed by atoms with Crippen molar-refractivity contribution in [3.8, 4) is 10.6 Å². The third-order valence-corrected chi connectivity index (χ3v) is 3.97. The molecule has 2 aromatic heterocycles. The zero-order chi connectivity index (χ0) is 15.6. The summed E-state index contributed by atoms with van der Waals surface area (Å²) in [6.45, 7) is 5.16. The first-order chi connectivity index (χ1) is 9.83. The van der Waals surface area contributed by atoms with E-state index in [0.717, 1.165) is 10.6 Å². The van der Waals surface area contributed by atoms with Gasteiger partial charge in [0.05, 0.1) is 17.7 Å². The molecular weight excluding hydrogens is 290 g/mol. The summed E-state index contributed by atoms with van der Waals surface area (Å²) in [6, 6.07) is 5.63. The lowest BCUT2D eigenvalue weighted by Gasteiger charge is -2.22. The molecule has 0 aromatic carbocycles. The smallest absolute Gasteiger partial charge is 0.330 e. The van der Waals surface area contributed by atoms with Crippen LogP contribution in [0.5, 0.6) is 0 Å². The molecule has 0 radical (unpaired) electrons. The van der Waals surface area contributed by atoms with Gasteiger partial charge in [0, 0.05) is 4.88 Å². The van der Waals surface area contributed by atoms with E-state index in [1.54, 1.807) is 31.3 Å². The van der Waals surface area contributed by atoms with Crippen LogP contribution in [-0.2, 0) is 9.53 Å². The van der Waals surface area contributed by atoms with E-state index in [0.29, 0.717) is 0 Å². The van der Waals surface area contributed by atoms with Gasteiger partial charge < -0.3 is 10.1 Å². The van der Waals surface area contributed by atoms with Crippen molar-refractivity contribution in [2.45, 2.75) is 26.3 Å². The zero-order valence-corrected chi connectivity index (χ0v) is 13.1. The predicted molar refractivity (Wildman–Crippen MR) is 80.2 cm³/mol. The minimum absolute atomic E-state index is 0.230. The number of aryl methyl sites for hydroxylation is 1. The molecule has 2 N–H and O–H groups in total. The lowest BCUT2D eigenvalue weighted by atomic mass is 10.1. The van der Waals surface area contributed by atoms with Gasteiger partial charge in [-0.15, -0.1) is 11.3 Å². The van der Waals surface area contributed by atoms with Crippen molar-refractivity contribution in [1.82, 2.24) is 15.5 Å². The number of H-pyrrole nitrogens is 1. The summed E-state index contributed by atoms with van der Waals surface area (Å²) in [5.74, 6) is -0.943. The zero-order valence-electron chi connectivity index (χ0n) is 12.3. The van der Waals surface area contributed by atoms with Gasteiger partial charge >= 0.3 is 5.97 Å². The fraction of sp³-hybridized carbons (Fsp3) is 0.357. The molecule has 112 valence electrons. The number of amides is 1. The van der Waals surface area contributed by atoms with Crippen molar-refractivity contribution in [3.63, 3.8) is 0 Å². The van der Waals surface area contributed by atoms with Crippen LogP contribution in [0.1, 0.15) is 29.2 Å². The summed E-state index contributed by atoms with van der Waals surface area (Å²) >= 11 is 1.61. The highest BCUT2D eigenvalue weighted by Gasteiger charge is 2.31. The van der Waals surface area contributed by atoms with Crippen LogP contribution >= 0.6 is 11.3 Å². The SMILES string of the molecule is COC(=O)C(C)(C)NC(=O)c1cc(-c2ccc(C)s2)[nH]n1.